The predicted molar refractivity (Wildman–Crippen MR) is 126 cm³/mol. The first-order valence-corrected chi connectivity index (χ1v) is 11.2. The molecule has 1 heterocycles. The SMILES string of the molecule is O=C(O)COc1ccc(Cl)cc1C1c2ccccc2CCN1OC(=O)OCc1cccc(Cl)c1. The van der Waals surface area contributed by atoms with Crippen molar-refractivity contribution in [3.05, 3.63) is 99.0 Å². The zero-order valence-electron chi connectivity index (χ0n) is 17.9. The van der Waals surface area contributed by atoms with Crippen molar-refractivity contribution in [1.82, 2.24) is 5.06 Å². The summed E-state index contributed by atoms with van der Waals surface area (Å²) < 4.78 is 10.8. The van der Waals surface area contributed by atoms with Crippen molar-refractivity contribution < 1.29 is 29.0 Å². The number of fused-ring (bicyclic) bond motifs is 1. The first-order chi connectivity index (χ1) is 16.4. The van der Waals surface area contributed by atoms with Crippen LogP contribution in [0.2, 0.25) is 10.0 Å². The van der Waals surface area contributed by atoms with Crippen LogP contribution in [-0.4, -0.2) is 35.4 Å². The summed E-state index contributed by atoms with van der Waals surface area (Å²) in [6.45, 7) is -0.136. The summed E-state index contributed by atoms with van der Waals surface area (Å²) in [7, 11) is 0. The molecule has 176 valence electrons. The Labute approximate surface area is 206 Å². The number of aliphatic carboxylic acids is 1. The first-order valence-electron chi connectivity index (χ1n) is 10.5. The van der Waals surface area contributed by atoms with Crippen LogP contribution < -0.4 is 4.74 Å². The smallest absolute Gasteiger partial charge is 0.482 e. The van der Waals surface area contributed by atoms with Crippen LogP contribution >= 0.6 is 23.2 Å². The van der Waals surface area contributed by atoms with Gasteiger partial charge in [0.05, 0.1) is 6.04 Å². The monoisotopic (exact) mass is 501 g/mol. The highest BCUT2D eigenvalue weighted by Crippen LogP contribution is 2.40. The number of rotatable bonds is 7. The van der Waals surface area contributed by atoms with E-state index in [1.807, 2.05) is 24.3 Å². The molecule has 0 radical (unpaired) electrons. The van der Waals surface area contributed by atoms with E-state index in [9.17, 15) is 9.59 Å². The molecule has 7 nitrogen and oxygen atoms in total. The first kappa shape index (κ1) is 23.9. The minimum atomic E-state index is -1.11. The zero-order chi connectivity index (χ0) is 24.1. The fraction of sp³-hybridized carbons (Fsp3) is 0.200. The molecule has 1 unspecified atom stereocenters. The Hall–Kier alpha value is -3.26. The van der Waals surface area contributed by atoms with E-state index in [0.29, 0.717) is 34.3 Å². The average molecular weight is 502 g/mol. The van der Waals surface area contributed by atoms with Crippen LogP contribution in [0, 0.1) is 0 Å². The number of carboxylic acids is 1. The van der Waals surface area contributed by atoms with Gasteiger partial charge in [-0.1, -0.05) is 59.6 Å². The summed E-state index contributed by atoms with van der Waals surface area (Å²) in [4.78, 5) is 29.3. The Bertz CT molecular complexity index is 1200. The second-order valence-electron chi connectivity index (χ2n) is 7.62. The van der Waals surface area contributed by atoms with Crippen molar-refractivity contribution in [1.29, 1.82) is 0 Å². The lowest BCUT2D eigenvalue weighted by atomic mass is 9.89. The molecule has 4 rings (SSSR count). The Kier molecular flexibility index (Phi) is 7.57. The van der Waals surface area contributed by atoms with Crippen LogP contribution in [0.25, 0.3) is 0 Å². The van der Waals surface area contributed by atoms with Crippen molar-refractivity contribution in [2.75, 3.05) is 13.2 Å². The van der Waals surface area contributed by atoms with E-state index >= 15 is 0 Å². The van der Waals surface area contributed by atoms with Gasteiger partial charge < -0.3 is 19.4 Å². The van der Waals surface area contributed by atoms with E-state index in [-0.39, 0.29) is 6.61 Å². The summed E-state index contributed by atoms with van der Waals surface area (Å²) in [6, 6.07) is 19.1. The molecule has 1 aliphatic heterocycles. The largest absolute Gasteiger partial charge is 0.528 e. The average Bonchev–Trinajstić information content (AvgIpc) is 2.82. The molecule has 0 saturated heterocycles. The van der Waals surface area contributed by atoms with Crippen molar-refractivity contribution in [2.45, 2.75) is 19.1 Å². The van der Waals surface area contributed by atoms with Gasteiger partial charge in [0.1, 0.15) is 12.4 Å². The van der Waals surface area contributed by atoms with Gasteiger partial charge in [0.25, 0.3) is 0 Å². The van der Waals surface area contributed by atoms with Crippen LogP contribution in [0.5, 0.6) is 5.75 Å². The van der Waals surface area contributed by atoms with Crippen LogP contribution in [0.1, 0.15) is 28.3 Å². The lowest BCUT2D eigenvalue weighted by Gasteiger charge is -2.36. The number of benzene rings is 3. The third-order valence-corrected chi connectivity index (χ3v) is 5.76. The molecule has 0 spiro atoms. The van der Waals surface area contributed by atoms with Gasteiger partial charge in [0.15, 0.2) is 6.61 Å². The topological polar surface area (TPSA) is 85.3 Å². The number of hydroxylamine groups is 2. The molecule has 1 N–H and O–H groups in total. The van der Waals surface area contributed by atoms with E-state index in [1.54, 1.807) is 42.5 Å². The van der Waals surface area contributed by atoms with Gasteiger partial charge in [-0.25, -0.2) is 9.59 Å². The molecule has 3 aromatic carbocycles. The van der Waals surface area contributed by atoms with Gasteiger partial charge in [-0.05, 0) is 53.4 Å². The number of hydrogen-bond acceptors (Lipinski definition) is 6. The molecule has 9 heteroatoms. The van der Waals surface area contributed by atoms with Crippen molar-refractivity contribution in [2.24, 2.45) is 0 Å². The molecule has 1 atom stereocenters. The maximum Gasteiger partial charge on any atom is 0.528 e. The molecule has 0 amide bonds. The molecule has 0 aromatic heterocycles. The predicted octanol–water partition coefficient (Wildman–Crippen LogP) is 5.67. The summed E-state index contributed by atoms with van der Waals surface area (Å²) in [5, 5.41) is 11.5. The third kappa shape index (κ3) is 5.80. The Morgan fingerprint density at radius 1 is 0.971 bits per heavy atom. The van der Waals surface area contributed by atoms with Crippen LogP contribution in [0.4, 0.5) is 4.79 Å². The van der Waals surface area contributed by atoms with Gasteiger partial charge in [-0.3, -0.25) is 0 Å². The van der Waals surface area contributed by atoms with Gasteiger partial charge in [-0.2, -0.15) is 0 Å². The fourth-order valence-corrected chi connectivity index (χ4v) is 4.25. The van der Waals surface area contributed by atoms with Gasteiger partial charge in [0.2, 0.25) is 0 Å². The Balaban J connectivity index is 1.61. The van der Waals surface area contributed by atoms with Gasteiger partial charge in [-0.15, -0.1) is 5.06 Å². The standard InChI is InChI=1S/C25H21Cl2NO6/c26-18-6-3-4-16(12-18)14-33-25(31)34-28-11-10-17-5-1-2-7-20(17)24(28)21-13-19(27)8-9-22(21)32-15-23(29)30/h1-9,12-13,24H,10-11,14-15H2,(H,29,30). The van der Waals surface area contributed by atoms with Crippen molar-refractivity contribution in [3.63, 3.8) is 0 Å². The summed E-state index contributed by atoms with van der Waals surface area (Å²) in [6.07, 6.45) is -0.237. The Morgan fingerprint density at radius 2 is 1.76 bits per heavy atom. The van der Waals surface area contributed by atoms with Crippen LogP contribution in [-0.2, 0) is 27.4 Å². The molecular formula is C25H21Cl2NO6. The van der Waals surface area contributed by atoms with Crippen LogP contribution in [0.3, 0.4) is 0 Å². The van der Waals surface area contributed by atoms with E-state index in [0.717, 1.165) is 16.7 Å². The van der Waals surface area contributed by atoms with Crippen molar-refractivity contribution in [3.8, 4) is 5.75 Å². The summed E-state index contributed by atoms with van der Waals surface area (Å²) >= 11 is 12.3. The molecule has 0 fully saturated rings. The zero-order valence-corrected chi connectivity index (χ0v) is 19.5. The van der Waals surface area contributed by atoms with Gasteiger partial charge in [0, 0.05) is 22.2 Å². The van der Waals surface area contributed by atoms with Gasteiger partial charge >= 0.3 is 12.1 Å². The molecule has 1 aliphatic rings. The highest BCUT2D eigenvalue weighted by Gasteiger charge is 2.34. The molecule has 34 heavy (non-hydrogen) atoms. The van der Waals surface area contributed by atoms with E-state index in [4.69, 9.17) is 42.6 Å². The summed E-state index contributed by atoms with van der Waals surface area (Å²) in [5.74, 6) is -0.781. The quantitative estimate of drug-likeness (QED) is 0.417. The fourth-order valence-electron chi connectivity index (χ4n) is 3.86. The molecule has 0 aliphatic carbocycles. The molecule has 3 aromatic rings. The minimum Gasteiger partial charge on any atom is -0.482 e. The number of nitrogens with zero attached hydrogens (tertiary/aromatic N) is 1. The lowest BCUT2D eigenvalue weighted by Crippen LogP contribution is -2.38. The molecule has 0 bridgehead atoms. The maximum absolute atomic E-state index is 12.6. The van der Waals surface area contributed by atoms with Crippen LogP contribution in [0.15, 0.2) is 66.7 Å². The molecule has 0 saturated carbocycles. The van der Waals surface area contributed by atoms with E-state index in [2.05, 4.69) is 0 Å². The number of carboxylic acid groups (broad SMARTS) is 1. The lowest BCUT2D eigenvalue weighted by molar-refractivity contribution is -0.152. The second kappa shape index (κ2) is 10.8. The maximum atomic E-state index is 12.6. The number of hydrogen-bond donors (Lipinski definition) is 1. The highest BCUT2D eigenvalue weighted by atomic mass is 35.5. The van der Waals surface area contributed by atoms with Crippen molar-refractivity contribution >= 4 is 35.3 Å². The highest BCUT2D eigenvalue weighted by molar-refractivity contribution is 6.31. The molecular weight excluding hydrogens is 481 g/mol. The summed E-state index contributed by atoms with van der Waals surface area (Å²) in [5.41, 5.74) is 3.26. The van der Waals surface area contributed by atoms with E-state index < -0.39 is 24.8 Å². The number of carbonyl (C=O) groups is 2. The Morgan fingerprint density at radius 3 is 2.56 bits per heavy atom. The number of ether oxygens (including phenoxy) is 2. The van der Waals surface area contributed by atoms with E-state index in [1.165, 1.54) is 5.06 Å². The second-order valence-corrected chi connectivity index (χ2v) is 8.49. The normalized spacial score (nSPS) is 15.3. The third-order valence-electron chi connectivity index (χ3n) is 5.29. The minimum absolute atomic E-state index is 0.00136. The number of halogens is 2. The number of carbonyl (C=O) groups excluding carboxylic acids is 1.